The summed E-state index contributed by atoms with van der Waals surface area (Å²) in [6.45, 7) is 1.25. The molecule has 7 nitrogen and oxygen atoms in total. The zero-order valence-electron chi connectivity index (χ0n) is 15.0. The summed E-state index contributed by atoms with van der Waals surface area (Å²) in [7, 11) is 0. The van der Waals surface area contributed by atoms with Gasteiger partial charge in [0.2, 0.25) is 0 Å². The quantitative estimate of drug-likeness (QED) is 0.480. The number of rotatable bonds is 6. The smallest absolute Gasteiger partial charge is 0.310 e. The van der Waals surface area contributed by atoms with Gasteiger partial charge in [-0.15, -0.1) is 0 Å². The van der Waals surface area contributed by atoms with Crippen molar-refractivity contribution in [1.82, 2.24) is 0 Å². The second-order valence-electron chi connectivity index (χ2n) is 6.60. The minimum Gasteiger partial charge on any atom is -0.455 e. The minimum atomic E-state index is -0.501. The Morgan fingerprint density at radius 2 is 1.93 bits per heavy atom. The molecule has 0 spiro atoms. The number of nitrogens with one attached hydrogen (secondary N) is 1. The van der Waals surface area contributed by atoms with Crippen molar-refractivity contribution in [3.63, 3.8) is 0 Å². The zero-order chi connectivity index (χ0) is 19.4. The highest BCUT2D eigenvalue weighted by Gasteiger charge is 2.14. The van der Waals surface area contributed by atoms with Crippen LogP contribution in [0.25, 0.3) is 0 Å². The van der Waals surface area contributed by atoms with E-state index in [0.717, 1.165) is 24.8 Å². The fourth-order valence-corrected chi connectivity index (χ4v) is 3.19. The molecule has 0 bridgehead atoms. The van der Waals surface area contributed by atoms with Crippen molar-refractivity contribution in [3.05, 3.63) is 68.8 Å². The second kappa shape index (κ2) is 7.99. The van der Waals surface area contributed by atoms with E-state index in [1.165, 1.54) is 29.3 Å². The number of hydrogen-bond acceptors (Lipinski definition) is 5. The lowest BCUT2D eigenvalue weighted by Gasteiger charge is -2.09. The van der Waals surface area contributed by atoms with Crippen molar-refractivity contribution in [3.8, 4) is 0 Å². The van der Waals surface area contributed by atoms with Crippen LogP contribution >= 0.6 is 0 Å². The number of hydrogen-bond donors (Lipinski definition) is 1. The molecular formula is C20H20N2O5. The van der Waals surface area contributed by atoms with E-state index < -0.39 is 23.4 Å². The summed E-state index contributed by atoms with van der Waals surface area (Å²) >= 11 is 0. The number of nitro benzene ring substituents is 1. The van der Waals surface area contributed by atoms with Crippen LogP contribution in [0.3, 0.4) is 0 Å². The van der Waals surface area contributed by atoms with Crippen LogP contribution in [-0.2, 0) is 33.6 Å². The lowest BCUT2D eigenvalue weighted by Crippen LogP contribution is -2.22. The van der Waals surface area contributed by atoms with Gasteiger partial charge in [0.15, 0.2) is 6.61 Å². The third-order valence-electron chi connectivity index (χ3n) is 4.57. The maximum absolute atomic E-state index is 12.0. The minimum absolute atomic E-state index is 0.0497. The first-order valence-electron chi connectivity index (χ1n) is 8.73. The Kier molecular flexibility index (Phi) is 5.49. The highest BCUT2D eigenvalue weighted by molar-refractivity contribution is 5.93. The molecule has 0 aliphatic heterocycles. The molecule has 2 aromatic rings. The molecule has 0 aromatic heterocycles. The van der Waals surface area contributed by atoms with Gasteiger partial charge >= 0.3 is 5.97 Å². The van der Waals surface area contributed by atoms with Crippen LogP contribution in [0.4, 0.5) is 11.4 Å². The van der Waals surface area contributed by atoms with Gasteiger partial charge in [0.1, 0.15) is 0 Å². The highest BCUT2D eigenvalue weighted by atomic mass is 16.6. The van der Waals surface area contributed by atoms with Gasteiger partial charge < -0.3 is 10.1 Å². The third kappa shape index (κ3) is 4.69. The molecule has 0 heterocycles. The number of amides is 1. The molecule has 1 aliphatic carbocycles. The van der Waals surface area contributed by atoms with Crippen LogP contribution in [0.15, 0.2) is 36.4 Å². The molecule has 140 valence electrons. The monoisotopic (exact) mass is 368 g/mol. The predicted octanol–water partition coefficient (Wildman–Crippen LogP) is 3.12. The summed E-state index contributed by atoms with van der Waals surface area (Å²) in [6, 6.07) is 10.1. The number of nitro groups is 1. The van der Waals surface area contributed by atoms with Crippen LogP contribution in [-0.4, -0.2) is 23.4 Å². The summed E-state index contributed by atoms with van der Waals surface area (Å²) in [5, 5.41) is 13.3. The molecule has 0 radical (unpaired) electrons. The molecule has 7 heteroatoms. The summed E-state index contributed by atoms with van der Waals surface area (Å²) < 4.78 is 5.04. The summed E-state index contributed by atoms with van der Waals surface area (Å²) in [5.41, 5.74) is 4.46. The standard InChI is InChI=1S/C20H20N2O5/c1-13-9-17(22(25)26)7-8-18(13)21-19(23)12-27-20(24)11-14-5-6-15-3-2-4-16(15)10-14/h5-10H,2-4,11-12H2,1H3,(H,21,23). The lowest BCUT2D eigenvalue weighted by molar-refractivity contribution is -0.384. The van der Waals surface area contributed by atoms with Crippen molar-refractivity contribution in [2.45, 2.75) is 32.6 Å². The Hall–Kier alpha value is -3.22. The van der Waals surface area contributed by atoms with Gasteiger partial charge in [0, 0.05) is 17.8 Å². The number of ether oxygens (including phenoxy) is 1. The number of benzene rings is 2. The Labute approximate surface area is 156 Å². The molecule has 1 amide bonds. The maximum atomic E-state index is 12.0. The molecule has 27 heavy (non-hydrogen) atoms. The summed E-state index contributed by atoms with van der Waals surface area (Å²) in [4.78, 5) is 34.2. The maximum Gasteiger partial charge on any atom is 0.310 e. The number of fused-ring (bicyclic) bond motifs is 1. The SMILES string of the molecule is Cc1cc([N+](=O)[O-])ccc1NC(=O)COC(=O)Cc1ccc2c(c1)CCC2. The number of esters is 1. The first-order chi connectivity index (χ1) is 12.9. The average Bonchev–Trinajstić information content (AvgIpc) is 3.09. The van der Waals surface area contributed by atoms with E-state index in [1.54, 1.807) is 6.92 Å². The normalized spacial score (nSPS) is 12.3. The summed E-state index contributed by atoms with van der Waals surface area (Å²) in [5.74, 6) is -0.960. The molecule has 3 rings (SSSR count). The Balaban J connectivity index is 1.50. The number of nitrogens with zero attached hydrogens (tertiary/aromatic N) is 1. The van der Waals surface area contributed by atoms with Crippen molar-refractivity contribution in [2.24, 2.45) is 0 Å². The van der Waals surface area contributed by atoms with Crippen molar-refractivity contribution >= 4 is 23.3 Å². The topological polar surface area (TPSA) is 98.5 Å². The third-order valence-corrected chi connectivity index (χ3v) is 4.57. The Bertz CT molecular complexity index is 907. The van der Waals surface area contributed by atoms with Gasteiger partial charge in [-0.25, -0.2) is 0 Å². The number of non-ortho nitro benzene ring substituents is 1. The molecule has 1 aliphatic rings. The van der Waals surface area contributed by atoms with Gasteiger partial charge in [-0.1, -0.05) is 18.2 Å². The molecule has 0 saturated heterocycles. The molecule has 0 unspecified atom stereocenters. The van der Waals surface area contributed by atoms with Gasteiger partial charge in [-0.05, 0) is 54.5 Å². The van der Waals surface area contributed by atoms with Crippen molar-refractivity contribution in [1.29, 1.82) is 0 Å². The van der Waals surface area contributed by atoms with Crippen LogP contribution < -0.4 is 5.32 Å². The Morgan fingerprint density at radius 1 is 1.15 bits per heavy atom. The van der Waals surface area contributed by atoms with Gasteiger partial charge in [0.05, 0.1) is 11.3 Å². The fraction of sp³-hybridized carbons (Fsp3) is 0.300. The largest absolute Gasteiger partial charge is 0.455 e. The fourth-order valence-electron chi connectivity index (χ4n) is 3.19. The van der Waals surface area contributed by atoms with E-state index in [0.29, 0.717) is 11.3 Å². The number of anilines is 1. The predicted molar refractivity (Wildman–Crippen MR) is 99.6 cm³/mol. The Morgan fingerprint density at radius 3 is 2.67 bits per heavy atom. The number of carbonyl (C=O) groups excluding carboxylic acids is 2. The number of aryl methyl sites for hydroxylation is 3. The summed E-state index contributed by atoms with van der Waals surface area (Å²) in [6.07, 6.45) is 3.39. The van der Waals surface area contributed by atoms with E-state index >= 15 is 0 Å². The van der Waals surface area contributed by atoms with E-state index in [-0.39, 0.29) is 12.1 Å². The molecule has 2 aromatic carbocycles. The van der Waals surface area contributed by atoms with Crippen LogP contribution in [0.1, 0.15) is 28.7 Å². The number of carbonyl (C=O) groups is 2. The lowest BCUT2D eigenvalue weighted by atomic mass is 10.0. The van der Waals surface area contributed by atoms with E-state index in [2.05, 4.69) is 11.4 Å². The second-order valence-corrected chi connectivity index (χ2v) is 6.60. The van der Waals surface area contributed by atoms with Gasteiger partial charge in [0.25, 0.3) is 11.6 Å². The van der Waals surface area contributed by atoms with Crippen molar-refractivity contribution < 1.29 is 19.2 Å². The van der Waals surface area contributed by atoms with Gasteiger partial charge in [-0.2, -0.15) is 0 Å². The zero-order valence-corrected chi connectivity index (χ0v) is 15.0. The first kappa shape index (κ1) is 18.6. The van der Waals surface area contributed by atoms with E-state index in [1.807, 2.05) is 12.1 Å². The average molecular weight is 368 g/mol. The van der Waals surface area contributed by atoms with Crippen LogP contribution in [0.2, 0.25) is 0 Å². The molecule has 1 N–H and O–H groups in total. The molecule has 0 saturated carbocycles. The first-order valence-corrected chi connectivity index (χ1v) is 8.73. The highest BCUT2D eigenvalue weighted by Crippen LogP contribution is 2.23. The van der Waals surface area contributed by atoms with Gasteiger partial charge in [-0.3, -0.25) is 19.7 Å². The van der Waals surface area contributed by atoms with Crippen LogP contribution in [0, 0.1) is 17.0 Å². The molecule has 0 atom stereocenters. The van der Waals surface area contributed by atoms with Crippen LogP contribution in [0.5, 0.6) is 0 Å². The van der Waals surface area contributed by atoms with Crippen molar-refractivity contribution in [2.75, 3.05) is 11.9 Å². The molecular weight excluding hydrogens is 348 g/mol. The molecule has 0 fully saturated rings. The van der Waals surface area contributed by atoms with E-state index in [9.17, 15) is 19.7 Å². The van der Waals surface area contributed by atoms with E-state index in [4.69, 9.17) is 4.74 Å².